The number of rotatable bonds is 5. The molecule has 1 saturated carbocycles. The van der Waals surface area contributed by atoms with Gasteiger partial charge in [0, 0.05) is 18.0 Å². The maximum atomic E-state index is 4.53. The van der Waals surface area contributed by atoms with Gasteiger partial charge in [-0.2, -0.15) is 5.10 Å². The SMILES string of the molecule is CCCNC1CCCCC1c1ncnn1C(C)C. The molecule has 0 bridgehead atoms. The van der Waals surface area contributed by atoms with Gasteiger partial charge in [-0.15, -0.1) is 0 Å². The van der Waals surface area contributed by atoms with E-state index in [1.54, 1.807) is 6.33 Å². The number of hydrogen-bond donors (Lipinski definition) is 1. The topological polar surface area (TPSA) is 42.7 Å². The molecule has 1 heterocycles. The Morgan fingerprint density at radius 2 is 2.17 bits per heavy atom. The van der Waals surface area contributed by atoms with Crippen molar-refractivity contribution < 1.29 is 0 Å². The molecule has 1 fully saturated rings. The molecule has 102 valence electrons. The Morgan fingerprint density at radius 1 is 1.39 bits per heavy atom. The van der Waals surface area contributed by atoms with E-state index >= 15 is 0 Å². The van der Waals surface area contributed by atoms with Crippen molar-refractivity contribution in [2.75, 3.05) is 6.54 Å². The quantitative estimate of drug-likeness (QED) is 0.873. The zero-order valence-corrected chi connectivity index (χ0v) is 11.9. The molecule has 1 aromatic heterocycles. The third kappa shape index (κ3) is 2.91. The largest absolute Gasteiger partial charge is 0.313 e. The van der Waals surface area contributed by atoms with Crippen molar-refractivity contribution in [3.63, 3.8) is 0 Å². The van der Waals surface area contributed by atoms with Crippen molar-refractivity contribution in [2.24, 2.45) is 0 Å². The third-order valence-electron chi connectivity index (χ3n) is 3.84. The van der Waals surface area contributed by atoms with Gasteiger partial charge in [-0.05, 0) is 39.7 Å². The normalized spacial score (nSPS) is 24.7. The Bertz CT molecular complexity index is 358. The van der Waals surface area contributed by atoms with Gasteiger partial charge in [0.05, 0.1) is 0 Å². The van der Waals surface area contributed by atoms with Crippen LogP contribution in [0.15, 0.2) is 6.33 Å². The molecule has 0 saturated heterocycles. The second-order valence-electron chi connectivity index (χ2n) is 5.61. The fourth-order valence-electron chi connectivity index (χ4n) is 2.94. The minimum absolute atomic E-state index is 0.399. The summed E-state index contributed by atoms with van der Waals surface area (Å²) < 4.78 is 2.09. The molecule has 0 spiro atoms. The summed E-state index contributed by atoms with van der Waals surface area (Å²) in [6.07, 6.45) is 8.08. The van der Waals surface area contributed by atoms with E-state index in [0.29, 0.717) is 18.0 Å². The number of aromatic nitrogens is 3. The van der Waals surface area contributed by atoms with Crippen LogP contribution < -0.4 is 5.32 Å². The molecule has 4 heteroatoms. The Hall–Kier alpha value is -0.900. The lowest BCUT2D eigenvalue weighted by molar-refractivity contribution is 0.305. The molecule has 0 aliphatic heterocycles. The Morgan fingerprint density at radius 3 is 2.89 bits per heavy atom. The van der Waals surface area contributed by atoms with E-state index in [1.165, 1.54) is 37.9 Å². The fraction of sp³-hybridized carbons (Fsp3) is 0.857. The Labute approximate surface area is 110 Å². The molecule has 1 N–H and O–H groups in total. The van der Waals surface area contributed by atoms with E-state index in [2.05, 4.69) is 40.9 Å². The highest BCUT2D eigenvalue weighted by atomic mass is 15.3. The summed E-state index contributed by atoms with van der Waals surface area (Å²) in [5, 5.41) is 8.08. The molecule has 0 amide bonds. The van der Waals surface area contributed by atoms with Gasteiger partial charge in [0.2, 0.25) is 0 Å². The molecule has 2 rings (SSSR count). The number of nitrogens with one attached hydrogen (secondary N) is 1. The molecule has 2 atom stereocenters. The van der Waals surface area contributed by atoms with Crippen molar-refractivity contribution in [1.82, 2.24) is 20.1 Å². The summed E-state index contributed by atoms with van der Waals surface area (Å²) in [5.74, 6) is 1.72. The lowest BCUT2D eigenvalue weighted by atomic mass is 9.83. The van der Waals surface area contributed by atoms with Crippen molar-refractivity contribution >= 4 is 0 Å². The van der Waals surface area contributed by atoms with Crippen molar-refractivity contribution in [1.29, 1.82) is 0 Å². The molecule has 4 nitrogen and oxygen atoms in total. The van der Waals surface area contributed by atoms with Gasteiger partial charge in [-0.1, -0.05) is 19.8 Å². The summed E-state index contributed by atoms with van der Waals surface area (Å²) in [7, 11) is 0. The zero-order chi connectivity index (χ0) is 13.0. The van der Waals surface area contributed by atoms with Crippen LogP contribution in [0.2, 0.25) is 0 Å². The molecular formula is C14H26N4. The fourth-order valence-corrected chi connectivity index (χ4v) is 2.94. The molecule has 0 radical (unpaired) electrons. The molecule has 18 heavy (non-hydrogen) atoms. The first-order valence-corrected chi connectivity index (χ1v) is 7.36. The first-order chi connectivity index (χ1) is 8.74. The predicted molar refractivity (Wildman–Crippen MR) is 73.7 cm³/mol. The summed E-state index contributed by atoms with van der Waals surface area (Å²) in [6, 6.07) is 0.983. The average Bonchev–Trinajstić information content (AvgIpc) is 2.86. The van der Waals surface area contributed by atoms with E-state index in [-0.39, 0.29) is 0 Å². The molecule has 0 aromatic carbocycles. The predicted octanol–water partition coefficient (Wildman–Crippen LogP) is 2.88. The third-order valence-corrected chi connectivity index (χ3v) is 3.84. The Balaban J connectivity index is 2.14. The maximum Gasteiger partial charge on any atom is 0.138 e. The van der Waals surface area contributed by atoms with Crippen LogP contribution in [0, 0.1) is 0 Å². The summed E-state index contributed by atoms with van der Waals surface area (Å²) in [6.45, 7) is 7.68. The maximum absolute atomic E-state index is 4.53. The summed E-state index contributed by atoms with van der Waals surface area (Å²) in [5.41, 5.74) is 0. The molecule has 1 aliphatic rings. The lowest BCUT2D eigenvalue weighted by Gasteiger charge is -2.32. The van der Waals surface area contributed by atoms with E-state index < -0.39 is 0 Å². The molecular weight excluding hydrogens is 224 g/mol. The van der Waals surface area contributed by atoms with Crippen LogP contribution >= 0.6 is 0 Å². The van der Waals surface area contributed by atoms with Crippen molar-refractivity contribution in [3.8, 4) is 0 Å². The first kappa shape index (κ1) is 13.5. The lowest BCUT2D eigenvalue weighted by Crippen LogP contribution is -2.39. The second kappa shape index (κ2) is 6.32. The highest BCUT2D eigenvalue weighted by molar-refractivity contribution is 5.04. The monoisotopic (exact) mass is 250 g/mol. The highest BCUT2D eigenvalue weighted by Crippen LogP contribution is 2.32. The van der Waals surface area contributed by atoms with E-state index in [0.717, 1.165) is 6.54 Å². The van der Waals surface area contributed by atoms with Crippen molar-refractivity contribution in [3.05, 3.63) is 12.2 Å². The van der Waals surface area contributed by atoms with Gasteiger partial charge in [0.25, 0.3) is 0 Å². The van der Waals surface area contributed by atoms with Crippen LogP contribution in [-0.2, 0) is 0 Å². The summed E-state index contributed by atoms with van der Waals surface area (Å²) in [4.78, 5) is 4.53. The number of nitrogens with zero attached hydrogens (tertiary/aromatic N) is 3. The van der Waals surface area contributed by atoms with Gasteiger partial charge in [0.15, 0.2) is 0 Å². The van der Waals surface area contributed by atoms with Crippen LogP contribution in [0.5, 0.6) is 0 Å². The minimum atomic E-state index is 0.399. The standard InChI is InChI=1S/C14H26N4/c1-4-9-15-13-8-6-5-7-12(13)14-16-10-17-18(14)11(2)3/h10-13,15H,4-9H2,1-3H3. The van der Waals surface area contributed by atoms with E-state index in [1.807, 2.05) is 0 Å². The van der Waals surface area contributed by atoms with E-state index in [9.17, 15) is 0 Å². The van der Waals surface area contributed by atoms with Gasteiger partial charge in [0.1, 0.15) is 12.2 Å². The molecule has 1 aliphatic carbocycles. The van der Waals surface area contributed by atoms with Crippen LogP contribution in [0.25, 0.3) is 0 Å². The average molecular weight is 250 g/mol. The van der Waals surface area contributed by atoms with Gasteiger partial charge >= 0.3 is 0 Å². The Kier molecular flexibility index (Phi) is 4.75. The van der Waals surface area contributed by atoms with Crippen molar-refractivity contribution in [2.45, 2.75) is 70.9 Å². The van der Waals surface area contributed by atoms with Crippen LogP contribution in [0.1, 0.15) is 70.7 Å². The van der Waals surface area contributed by atoms with Gasteiger partial charge in [-0.25, -0.2) is 9.67 Å². The smallest absolute Gasteiger partial charge is 0.138 e. The molecule has 2 unspecified atom stereocenters. The van der Waals surface area contributed by atoms with Gasteiger partial charge < -0.3 is 5.32 Å². The minimum Gasteiger partial charge on any atom is -0.313 e. The highest BCUT2D eigenvalue weighted by Gasteiger charge is 2.29. The van der Waals surface area contributed by atoms with Crippen LogP contribution in [0.3, 0.4) is 0 Å². The first-order valence-electron chi connectivity index (χ1n) is 7.36. The second-order valence-corrected chi connectivity index (χ2v) is 5.61. The number of hydrogen-bond acceptors (Lipinski definition) is 3. The van der Waals surface area contributed by atoms with E-state index in [4.69, 9.17) is 0 Å². The van der Waals surface area contributed by atoms with Crippen LogP contribution in [0.4, 0.5) is 0 Å². The molecule has 1 aromatic rings. The summed E-state index contributed by atoms with van der Waals surface area (Å²) >= 11 is 0. The van der Waals surface area contributed by atoms with Crippen LogP contribution in [-0.4, -0.2) is 27.4 Å². The zero-order valence-electron chi connectivity index (χ0n) is 11.9. The van der Waals surface area contributed by atoms with Gasteiger partial charge in [-0.3, -0.25) is 0 Å².